The van der Waals surface area contributed by atoms with Gasteiger partial charge in [-0.1, -0.05) is 6.08 Å². The molecule has 0 aliphatic heterocycles. The number of rotatable bonds is 7. The van der Waals surface area contributed by atoms with E-state index < -0.39 is 0 Å². The molecular weight excluding hydrogens is 292 g/mol. The number of hydrogen-bond acceptors (Lipinski definition) is 2. The number of aryl methyl sites for hydroxylation is 1. The minimum absolute atomic E-state index is 0.00856. The Labute approximate surface area is 138 Å². The third-order valence-corrected chi connectivity index (χ3v) is 4.02. The van der Waals surface area contributed by atoms with Crippen LogP contribution in [0.25, 0.3) is 0 Å². The summed E-state index contributed by atoms with van der Waals surface area (Å²) >= 11 is 0. The lowest BCUT2D eigenvalue weighted by molar-refractivity contribution is -0.133. The number of carbonyl (C=O) groups is 2. The molecule has 126 valence electrons. The first-order chi connectivity index (χ1) is 10.9. The smallest absolute Gasteiger partial charge is 0.320 e. The highest BCUT2D eigenvalue weighted by molar-refractivity contribution is 5.84. The van der Waals surface area contributed by atoms with Crippen molar-refractivity contribution in [1.82, 2.24) is 19.3 Å². The van der Waals surface area contributed by atoms with Gasteiger partial charge in [0.2, 0.25) is 5.91 Å². The number of carbonyl (C=O) groups excluding carboxylic acids is 2. The topological polar surface area (TPSA) is 48.8 Å². The molecule has 3 amide bonds. The maximum atomic E-state index is 12.7. The van der Waals surface area contributed by atoms with E-state index in [1.165, 1.54) is 9.80 Å². The fourth-order valence-electron chi connectivity index (χ4n) is 2.55. The molecule has 0 atom stereocenters. The lowest BCUT2D eigenvalue weighted by Crippen LogP contribution is -2.46. The normalized spacial score (nSPS) is 13.5. The summed E-state index contributed by atoms with van der Waals surface area (Å²) in [6, 6.07) is 4.13. The molecular formula is C17H26N4O2. The second-order valence-corrected chi connectivity index (χ2v) is 6.21. The van der Waals surface area contributed by atoms with Gasteiger partial charge in [-0.05, 0) is 25.0 Å². The third-order valence-electron chi connectivity index (χ3n) is 4.02. The Morgan fingerprint density at radius 1 is 1.39 bits per heavy atom. The molecule has 6 heteroatoms. The van der Waals surface area contributed by atoms with Crippen molar-refractivity contribution in [3.63, 3.8) is 0 Å². The molecule has 1 aliphatic carbocycles. The van der Waals surface area contributed by atoms with Crippen LogP contribution in [0.5, 0.6) is 0 Å². The minimum atomic E-state index is -0.173. The summed E-state index contributed by atoms with van der Waals surface area (Å²) in [4.78, 5) is 29.8. The molecule has 0 radical (unpaired) electrons. The van der Waals surface area contributed by atoms with Crippen LogP contribution in [-0.2, 0) is 18.4 Å². The maximum absolute atomic E-state index is 12.7. The van der Waals surface area contributed by atoms with Crippen LogP contribution in [0, 0.1) is 0 Å². The summed E-state index contributed by atoms with van der Waals surface area (Å²) in [6.07, 6.45) is 5.70. The molecule has 1 fully saturated rings. The first-order valence-corrected chi connectivity index (χ1v) is 7.90. The number of hydrogen-bond donors (Lipinski definition) is 0. The highest BCUT2D eigenvalue weighted by Gasteiger charge is 2.34. The van der Waals surface area contributed by atoms with Gasteiger partial charge in [-0.15, -0.1) is 6.58 Å². The second-order valence-electron chi connectivity index (χ2n) is 6.21. The van der Waals surface area contributed by atoms with Crippen LogP contribution < -0.4 is 0 Å². The SMILES string of the molecule is C=CCN(CC(=O)N(Cc1cccn1C)C1CC1)C(=O)N(C)C. The van der Waals surface area contributed by atoms with Crippen molar-refractivity contribution in [3.8, 4) is 0 Å². The van der Waals surface area contributed by atoms with Crippen LogP contribution >= 0.6 is 0 Å². The molecule has 1 aromatic rings. The van der Waals surface area contributed by atoms with Crippen LogP contribution in [0.1, 0.15) is 18.5 Å². The summed E-state index contributed by atoms with van der Waals surface area (Å²) < 4.78 is 2.02. The van der Waals surface area contributed by atoms with E-state index in [0.29, 0.717) is 19.1 Å². The van der Waals surface area contributed by atoms with Crippen molar-refractivity contribution in [2.75, 3.05) is 27.2 Å². The fraction of sp³-hybridized carbons (Fsp3) is 0.529. The molecule has 0 aromatic carbocycles. The van der Waals surface area contributed by atoms with Gasteiger partial charge in [0.1, 0.15) is 6.54 Å². The Hall–Kier alpha value is -2.24. The van der Waals surface area contributed by atoms with Crippen LogP contribution in [0.2, 0.25) is 0 Å². The van der Waals surface area contributed by atoms with Gasteiger partial charge in [0, 0.05) is 45.6 Å². The summed E-state index contributed by atoms with van der Waals surface area (Å²) in [5.41, 5.74) is 1.10. The average Bonchev–Trinajstić information content (AvgIpc) is 3.26. The van der Waals surface area contributed by atoms with Crippen molar-refractivity contribution in [1.29, 1.82) is 0 Å². The molecule has 0 spiro atoms. The molecule has 2 rings (SSSR count). The fourth-order valence-corrected chi connectivity index (χ4v) is 2.55. The molecule has 0 N–H and O–H groups in total. The molecule has 0 bridgehead atoms. The number of amides is 3. The van der Waals surface area contributed by atoms with Crippen LogP contribution in [-0.4, -0.2) is 64.4 Å². The maximum Gasteiger partial charge on any atom is 0.320 e. The lowest BCUT2D eigenvalue weighted by atomic mass is 10.3. The van der Waals surface area contributed by atoms with E-state index in [4.69, 9.17) is 0 Å². The monoisotopic (exact) mass is 318 g/mol. The molecule has 6 nitrogen and oxygen atoms in total. The van der Waals surface area contributed by atoms with Gasteiger partial charge < -0.3 is 19.3 Å². The van der Waals surface area contributed by atoms with E-state index in [2.05, 4.69) is 6.58 Å². The summed E-state index contributed by atoms with van der Waals surface area (Å²) in [5.74, 6) is -0.00856. The van der Waals surface area contributed by atoms with Gasteiger partial charge in [0.05, 0.1) is 6.54 Å². The average molecular weight is 318 g/mol. The molecule has 23 heavy (non-hydrogen) atoms. The van der Waals surface area contributed by atoms with Crippen molar-refractivity contribution >= 4 is 11.9 Å². The summed E-state index contributed by atoms with van der Waals surface area (Å²) in [7, 11) is 5.35. The molecule has 0 saturated heterocycles. The molecule has 1 heterocycles. The molecule has 0 unspecified atom stereocenters. The van der Waals surface area contributed by atoms with Gasteiger partial charge in [0.25, 0.3) is 0 Å². The summed E-state index contributed by atoms with van der Waals surface area (Å²) in [5, 5.41) is 0. The van der Waals surface area contributed by atoms with Gasteiger partial charge in [-0.25, -0.2) is 4.79 Å². The minimum Gasteiger partial charge on any atom is -0.353 e. The highest BCUT2D eigenvalue weighted by Crippen LogP contribution is 2.28. The zero-order valence-electron chi connectivity index (χ0n) is 14.2. The standard InChI is InChI=1S/C17H26N4O2/c1-5-10-20(17(23)18(2)3)13-16(22)21(14-8-9-14)12-15-7-6-11-19(15)4/h5-7,11,14H,1,8-10,12-13H2,2-4H3. The Morgan fingerprint density at radius 2 is 2.09 bits per heavy atom. The van der Waals surface area contributed by atoms with E-state index in [0.717, 1.165) is 18.5 Å². The molecule has 1 aromatic heterocycles. The third kappa shape index (κ3) is 4.37. The van der Waals surface area contributed by atoms with Gasteiger partial charge in [0.15, 0.2) is 0 Å². The van der Waals surface area contributed by atoms with Crippen molar-refractivity contribution in [3.05, 3.63) is 36.7 Å². The van der Waals surface area contributed by atoms with Crippen molar-refractivity contribution < 1.29 is 9.59 Å². The van der Waals surface area contributed by atoms with Crippen molar-refractivity contribution in [2.45, 2.75) is 25.4 Å². The van der Waals surface area contributed by atoms with Gasteiger partial charge >= 0.3 is 6.03 Å². The lowest BCUT2D eigenvalue weighted by Gasteiger charge is -2.29. The van der Waals surface area contributed by atoms with Crippen LogP contribution in [0.4, 0.5) is 4.79 Å². The zero-order valence-corrected chi connectivity index (χ0v) is 14.2. The van der Waals surface area contributed by atoms with Gasteiger partial charge in [-0.2, -0.15) is 0 Å². The van der Waals surface area contributed by atoms with Crippen LogP contribution in [0.3, 0.4) is 0 Å². The van der Waals surface area contributed by atoms with Gasteiger partial charge in [-0.3, -0.25) is 4.79 Å². The predicted molar refractivity (Wildman–Crippen MR) is 89.8 cm³/mol. The quantitative estimate of drug-likeness (QED) is 0.718. The first-order valence-electron chi connectivity index (χ1n) is 7.90. The van der Waals surface area contributed by atoms with E-state index in [9.17, 15) is 9.59 Å². The first kappa shape index (κ1) is 17.1. The summed E-state index contributed by atoms with van der Waals surface area (Å²) in [6.45, 7) is 4.72. The Bertz CT molecular complexity index is 575. The number of aromatic nitrogens is 1. The largest absolute Gasteiger partial charge is 0.353 e. The highest BCUT2D eigenvalue weighted by atomic mass is 16.2. The Morgan fingerprint density at radius 3 is 2.57 bits per heavy atom. The predicted octanol–water partition coefficient (Wildman–Crippen LogP) is 1.69. The molecule has 1 saturated carbocycles. The number of urea groups is 1. The van der Waals surface area contributed by atoms with Crippen molar-refractivity contribution in [2.24, 2.45) is 7.05 Å². The van der Waals surface area contributed by atoms with Crippen LogP contribution in [0.15, 0.2) is 31.0 Å². The van der Waals surface area contributed by atoms with E-state index in [1.807, 2.05) is 34.8 Å². The second kappa shape index (κ2) is 7.35. The Balaban J connectivity index is 2.06. The van der Waals surface area contributed by atoms with E-state index >= 15 is 0 Å². The van der Waals surface area contributed by atoms with E-state index in [-0.39, 0.29) is 18.5 Å². The number of nitrogens with zero attached hydrogens (tertiary/aromatic N) is 4. The Kier molecular flexibility index (Phi) is 5.47. The zero-order chi connectivity index (χ0) is 17.0. The molecule has 1 aliphatic rings. The van der Waals surface area contributed by atoms with E-state index in [1.54, 1.807) is 20.2 Å².